The number of carboxylic acid groups (broad SMARTS) is 1. The molecule has 0 radical (unpaired) electrons. The molecular weight excluding hydrogens is 416 g/mol. The van der Waals surface area contributed by atoms with Gasteiger partial charge in [-0.15, -0.1) is 0 Å². The number of carbonyl (C=O) groups excluding carboxylic acids is 2. The van der Waals surface area contributed by atoms with Gasteiger partial charge in [-0.1, -0.05) is 58.4 Å². The van der Waals surface area contributed by atoms with Crippen molar-refractivity contribution in [2.45, 2.75) is 19.1 Å². The summed E-state index contributed by atoms with van der Waals surface area (Å²) in [6, 6.07) is 15.2. The maximum atomic E-state index is 11.9. The summed E-state index contributed by atoms with van der Waals surface area (Å²) < 4.78 is 5.81. The molecule has 3 N–H and O–H groups in total. The van der Waals surface area contributed by atoms with Crippen LogP contribution in [0.1, 0.15) is 11.1 Å². The molecule has 0 saturated carbocycles. The second kappa shape index (κ2) is 10.3. The summed E-state index contributed by atoms with van der Waals surface area (Å²) in [5, 5.41) is 14.0. The minimum Gasteiger partial charge on any atom is -0.480 e. The number of carboxylic acids is 1. The van der Waals surface area contributed by atoms with Crippen molar-refractivity contribution in [1.29, 1.82) is 0 Å². The molecule has 2 aromatic carbocycles. The van der Waals surface area contributed by atoms with Gasteiger partial charge < -0.3 is 20.5 Å². The predicted octanol–water partition coefficient (Wildman–Crippen LogP) is 2.49. The predicted molar refractivity (Wildman–Crippen MR) is 102 cm³/mol. The molecule has 0 heterocycles. The van der Waals surface area contributed by atoms with Crippen molar-refractivity contribution in [3.63, 3.8) is 0 Å². The minimum absolute atomic E-state index is 0.0783. The highest BCUT2D eigenvalue weighted by molar-refractivity contribution is 9.10. The van der Waals surface area contributed by atoms with Crippen LogP contribution < -0.4 is 10.6 Å². The first-order chi connectivity index (χ1) is 12.9. The van der Waals surface area contributed by atoms with Crippen molar-refractivity contribution in [1.82, 2.24) is 10.6 Å². The molecular formula is C19H19BrN2O5. The lowest BCUT2D eigenvalue weighted by molar-refractivity contribution is -0.141. The maximum absolute atomic E-state index is 11.9. The van der Waals surface area contributed by atoms with Crippen LogP contribution in [-0.4, -0.2) is 35.7 Å². The Labute approximate surface area is 164 Å². The highest BCUT2D eigenvalue weighted by Crippen LogP contribution is 2.13. The fourth-order valence-corrected chi connectivity index (χ4v) is 2.72. The average molecular weight is 435 g/mol. The van der Waals surface area contributed by atoms with E-state index in [1.54, 1.807) is 30.3 Å². The van der Waals surface area contributed by atoms with Gasteiger partial charge in [-0.25, -0.2) is 9.59 Å². The van der Waals surface area contributed by atoms with Gasteiger partial charge in [0.2, 0.25) is 5.91 Å². The number of aliphatic carboxylic acids is 1. The summed E-state index contributed by atoms with van der Waals surface area (Å²) in [5.41, 5.74) is 1.57. The summed E-state index contributed by atoms with van der Waals surface area (Å²) >= 11 is 3.32. The quantitative estimate of drug-likeness (QED) is 0.591. The lowest BCUT2D eigenvalue weighted by Gasteiger charge is -2.15. The number of carbonyl (C=O) groups is 3. The first-order valence-electron chi connectivity index (χ1n) is 8.15. The highest BCUT2D eigenvalue weighted by atomic mass is 79.9. The number of amides is 2. The number of ether oxygens (including phenoxy) is 1. The summed E-state index contributed by atoms with van der Waals surface area (Å²) in [5.74, 6) is -1.77. The van der Waals surface area contributed by atoms with E-state index in [1.807, 2.05) is 24.3 Å². The number of hydrogen-bond acceptors (Lipinski definition) is 4. The molecule has 0 fully saturated rings. The normalized spacial score (nSPS) is 11.3. The van der Waals surface area contributed by atoms with Gasteiger partial charge in [0.15, 0.2) is 0 Å². The van der Waals surface area contributed by atoms with Gasteiger partial charge in [0, 0.05) is 10.9 Å². The number of hydrogen-bond donors (Lipinski definition) is 3. The lowest BCUT2D eigenvalue weighted by atomic mass is 10.1. The Hall–Kier alpha value is -2.87. The zero-order valence-electron chi connectivity index (χ0n) is 14.4. The summed E-state index contributed by atoms with van der Waals surface area (Å²) in [4.78, 5) is 35.0. The van der Waals surface area contributed by atoms with Crippen LogP contribution in [0.5, 0.6) is 0 Å². The maximum Gasteiger partial charge on any atom is 0.407 e. The fourth-order valence-electron chi connectivity index (χ4n) is 2.27. The van der Waals surface area contributed by atoms with Crippen molar-refractivity contribution in [2.75, 3.05) is 6.54 Å². The Morgan fingerprint density at radius 3 is 2.41 bits per heavy atom. The van der Waals surface area contributed by atoms with Crippen LogP contribution >= 0.6 is 15.9 Å². The molecule has 0 aliphatic carbocycles. The second-order valence-electron chi connectivity index (χ2n) is 5.71. The molecule has 2 aromatic rings. The first-order valence-corrected chi connectivity index (χ1v) is 8.94. The van der Waals surface area contributed by atoms with Crippen LogP contribution in [0.2, 0.25) is 0 Å². The average Bonchev–Trinajstić information content (AvgIpc) is 2.65. The van der Waals surface area contributed by atoms with Crippen LogP contribution in [0.25, 0.3) is 0 Å². The van der Waals surface area contributed by atoms with Crippen LogP contribution in [0, 0.1) is 0 Å². The smallest absolute Gasteiger partial charge is 0.407 e. The SMILES string of the molecule is O=C(CNC(=O)OCc1ccccc1)N[C@H](Cc1cccc(Br)c1)C(=O)O. The Morgan fingerprint density at radius 1 is 1.04 bits per heavy atom. The van der Waals surface area contributed by atoms with E-state index in [4.69, 9.17) is 4.74 Å². The largest absolute Gasteiger partial charge is 0.480 e. The monoisotopic (exact) mass is 434 g/mol. The highest BCUT2D eigenvalue weighted by Gasteiger charge is 2.20. The third kappa shape index (κ3) is 7.49. The van der Waals surface area contributed by atoms with E-state index in [-0.39, 0.29) is 19.6 Å². The molecule has 142 valence electrons. The van der Waals surface area contributed by atoms with Gasteiger partial charge in [-0.3, -0.25) is 4.79 Å². The van der Waals surface area contributed by atoms with Crippen LogP contribution in [-0.2, 0) is 27.4 Å². The Morgan fingerprint density at radius 2 is 1.74 bits per heavy atom. The molecule has 0 bridgehead atoms. The molecule has 27 heavy (non-hydrogen) atoms. The molecule has 2 amide bonds. The Bertz CT molecular complexity index is 798. The fraction of sp³-hybridized carbons (Fsp3) is 0.211. The summed E-state index contributed by atoms with van der Waals surface area (Å²) in [6.07, 6.45) is -0.633. The van der Waals surface area contributed by atoms with E-state index in [0.29, 0.717) is 0 Å². The van der Waals surface area contributed by atoms with E-state index in [2.05, 4.69) is 26.6 Å². The van der Waals surface area contributed by atoms with Gasteiger partial charge in [-0.05, 0) is 23.3 Å². The van der Waals surface area contributed by atoms with Crippen molar-refractivity contribution in [3.8, 4) is 0 Å². The summed E-state index contributed by atoms with van der Waals surface area (Å²) in [6.45, 7) is -0.301. The van der Waals surface area contributed by atoms with Crippen molar-refractivity contribution < 1.29 is 24.2 Å². The molecule has 0 spiro atoms. The van der Waals surface area contributed by atoms with E-state index in [0.717, 1.165) is 15.6 Å². The van der Waals surface area contributed by atoms with Crippen LogP contribution in [0.3, 0.4) is 0 Å². The zero-order valence-corrected chi connectivity index (χ0v) is 15.9. The van der Waals surface area contributed by atoms with Crippen molar-refractivity contribution >= 4 is 33.9 Å². The van der Waals surface area contributed by atoms with Crippen LogP contribution in [0.15, 0.2) is 59.1 Å². The van der Waals surface area contributed by atoms with Crippen LogP contribution in [0.4, 0.5) is 4.79 Å². The second-order valence-corrected chi connectivity index (χ2v) is 6.62. The van der Waals surface area contributed by atoms with E-state index in [1.165, 1.54) is 0 Å². The molecule has 2 rings (SSSR count). The van der Waals surface area contributed by atoms with E-state index in [9.17, 15) is 19.5 Å². The Balaban J connectivity index is 1.78. The number of alkyl carbamates (subject to hydrolysis) is 1. The molecule has 0 unspecified atom stereocenters. The van der Waals surface area contributed by atoms with Gasteiger partial charge in [0.25, 0.3) is 0 Å². The molecule has 7 nitrogen and oxygen atoms in total. The molecule has 8 heteroatoms. The molecule has 0 aliphatic rings. The van der Waals surface area contributed by atoms with Crippen molar-refractivity contribution in [2.24, 2.45) is 0 Å². The standard InChI is InChI=1S/C19H19BrN2O5/c20-15-8-4-7-14(9-15)10-16(18(24)25)22-17(23)11-21-19(26)27-12-13-5-2-1-3-6-13/h1-9,16H,10-12H2,(H,21,26)(H,22,23)(H,24,25)/t16-/m1/s1. The van der Waals surface area contributed by atoms with Gasteiger partial charge in [0.1, 0.15) is 19.2 Å². The lowest BCUT2D eigenvalue weighted by Crippen LogP contribution is -2.46. The molecule has 0 saturated heterocycles. The number of nitrogens with one attached hydrogen (secondary N) is 2. The summed E-state index contributed by atoms with van der Waals surface area (Å²) in [7, 11) is 0. The number of halogens is 1. The number of rotatable bonds is 8. The van der Waals surface area contributed by atoms with Crippen molar-refractivity contribution in [3.05, 3.63) is 70.2 Å². The third-order valence-electron chi connectivity index (χ3n) is 3.57. The molecule has 0 aliphatic heterocycles. The Kier molecular flexibility index (Phi) is 7.81. The third-order valence-corrected chi connectivity index (χ3v) is 4.06. The molecule has 0 aromatic heterocycles. The van der Waals surface area contributed by atoms with Gasteiger partial charge >= 0.3 is 12.1 Å². The zero-order chi connectivity index (χ0) is 19.6. The van der Waals surface area contributed by atoms with E-state index >= 15 is 0 Å². The van der Waals surface area contributed by atoms with Gasteiger partial charge in [-0.2, -0.15) is 0 Å². The van der Waals surface area contributed by atoms with E-state index < -0.39 is 24.0 Å². The molecule has 1 atom stereocenters. The number of benzene rings is 2. The van der Waals surface area contributed by atoms with Gasteiger partial charge in [0.05, 0.1) is 0 Å². The minimum atomic E-state index is -1.16. The topological polar surface area (TPSA) is 105 Å². The first kappa shape index (κ1) is 20.4.